The molecule has 1 atom stereocenters. The number of halogens is 1. The van der Waals surface area contributed by atoms with Gasteiger partial charge in [0, 0.05) is 10.7 Å². The minimum absolute atomic E-state index is 0.00836. The van der Waals surface area contributed by atoms with Crippen LogP contribution in [0.1, 0.15) is 18.7 Å². The summed E-state index contributed by atoms with van der Waals surface area (Å²) in [5.74, 6) is 0.694. The molecule has 0 radical (unpaired) electrons. The molecule has 1 amide bonds. The molecule has 4 nitrogen and oxygen atoms in total. The van der Waals surface area contributed by atoms with E-state index < -0.39 is 0 Å². The predicted octanol–water partition coefficient (Wildman–Crippen LogP) is 3.22. The maximum Gasteiger partial charge on any atom is 0.238 e. The van der Waals surface area contributed by atoms with Gasteiger partial charge in [-0.3, -0.25) is 10.1 Å². The number of amides is 1. The molecule has 0 saturated carbocycles. The van der Waals surface area contributed by atoms with Gasteiger partial charge in [-0.15, -0.1) is 0 Å². The fourth-order valence-electron chi connectivity index (χ4n) is 1.62. The SMILES string of the molecule is C[C@@H](NCC(=O)Nc1ccc(Cl)cc1)c1ccco1. The van der Waals surface area contributed by atoms with Crippen molar-refractivity contribution < 1.29 is 9.21 Å². The van der Waals surface area contributed by atoms with Gasteiger partial charge in [0.15, 0.2) is 0 Å². The van der Waals surface area contributed by atoms with Crippen LogP contribution >= 0.6 is 11.6 Å². The van der Waals surface area contributed by atoms with Crippen molar-refractivity contribution in [3.63, 3.8) is 0 Å². The molecule has 0 fully saturated rings. The second-order valence-electron chi connectivity index (χ2n) is 4.17. The Labute approximate surface area is 116 Å². The summed E-state index contributed by atoms with van der Waals surface area (Å²) in [6.45, 7) is 2.15. The van der Waals surface area contributed by atoms with Crippen LogP contribution < -0.4 is 10.6 Å². The molecule has 0 bridgehead atoms. The summed E-state index contributed by atoms with van der Waals surface area (Å²) in [5, 5.41) is 6.50. The first-order valence-electron chi connectivity index (χ1n) is 5.97. The number of benzene rings is 1. The van der Waals surface area contributed by atoms with E-state index in [-0.39, 0.29) is 18.5 Å². The standard InChI is InChI=1S/C14H15ClN2O2/c1-10(13-3-2-8-19-13)16-9-14(18)17-12-6-4-11(15)5-7-12/h2-8,10,16H,9H2,1H3,(H,17,18)/t10-/m1/s1. The van der Waals surface area contributed by atoms with Crippen LogP contribution in [0.2, 0.25) is 5.02 Å². The fourth-order valence-corrected chi connectivity index (χ4v) is 1.75. The van der Waals surface area contributed by atoms with Crippen molar-refractivity contribution in [3.8, 4) is 0 Å². The van der Waals surface area contributed by atoms with Gasteiger partial charge in [0.2, 0.25) is 5.91 Å². The van der Waals surface area contributed by atoms with Crippen molar-refractivity contribution in [2.75, 3.05) is 11.9 Å². The van der Waals surface area contributed by atoms with Crippen molar-refractivity contribution in [2.45, 2.75) is 13.0 Å². The summed E-state index contributed by atoms with van der Waals surface area (Å²) >= 11 is 5.77. The van der Waals surface area contributed by atoms with E-state index in [1.54, 1.807) is 30.5 Å². The van der Waals surface area contributed by atoms with Crippen LogP contribution in [0.3, 0.4) is 0 Å². The zero-order valence-corrected chi connectivity index (χ0v) is 11.3. The largest absolute Gasteiger partial charge is 0.468 e. The van der Waals surface area contributed by atoms with E-state index in [1.165, 1.54) is 0 Å². The van der Waals surface area contributed by atoms with Gasteiger partial charge in [0.05, 0.1) is 18.8 Å². The quantitative estimate of drug-likeness (QED) is 0.883. The van der Waals surface area contributed by atoms with E-state index >= 15 is 0 Å². The third kappa shape index (κ3) is 4.12. The molecule has 0 unspecified atom stereocenters. The fraction of sp³-hybridized carbons (Fsp3) is 0.214. The Kier molecular flexibility index (Phi) is 4.60. The van der Waals surface area contributed by atoms with Gasteiger partial charge in [-0.1, -0.05) is 11.6 Å². The minimum Gasteiger partial charge on any atom is -0.468 e. The maximum absolute atomic E-state index is 11.7. The lowest BCUT2D eigenvalue weighted by Gasteiger charge is -2.11. The smallest absolute Gasteiger partial charge is 0.238 e. The van der Waals surface area contributed by atoms with E-state index in [0.717, 1.165) is 11.4 Å². The highest BCUT2D eigenvalue weighted by Gasteiger charge is 2.09. The van der Waals surface area contributed by atoms with E-state index in [4.69, 9.17) is 16.0 Å². The average Bonchev–Trinajstić information content (AvgIpc) is 2.93. The first kappa shape index (κ1) is 13.6. The van der Waals surface area contributed by atoms with Gasteiger partial charge in [-0.2, -0.15) is 0 Å². The predicted molar refractivity (Wildman–Crippen MR) is 75.2 cm³/mol. The number of hydrogen-bond donors (Lipinski definition) is 2. The summed E-state index contributed by atoms with van der Waals surface area (Å²) in [6.07, 6.45) is 1.61. The molecule has 19 heavy (non-hydrogen) atoms. The first-order valence-corrected chi connectivity index (χ1v) is 6.35. The van der Waals surface area contributed by atoms with Crippen molar-refractivity contribution in [3.05, 3.63) is 53.4 Å². The number of furan rings is 1. The molecule has 0 spiro atoms. The number of nitrogens with one attached hydrogen (secondary N) is 2. The monoisotopic (exact) mass is 278 g/mol. The van der Waals surface area contributed by atoms with Gasteiger partial charge >= 0.3 is 0 Å². The Balaban J connectivity index is 1.80. The molecule has 2 rings (SSSR count). The Morgan fingerprint density at radius 3 is 2.68 bits per heavy atom. The molecular weight excluding hydrogens is 264 g/mol. The Morgan fingerprint density at radius 1 is 1.32 bits per heavy atom. The van der Waals surface area contributed by atoms with Gasteiger partial charge in [-0.05, 0) is 43.3 Å². The lowest BCUT2D eigenvalue weighted by atomic mass is 10.2. The highest BCUT2D eigenvalue weighted by atomic mass is 35.5. The highest BCUT2D eigenvalue weighted by Crippen LogP contribution is 2.14. The summed E-state index contributed by atoms with van der Waals surface area (Å²) in [5.41, 5.74) is 0.724. The zero-order chi connectivity index (χ0) is 13.7. The van der Waals surface area contributed by atoms with Crippen LogP contribution in [0.15, 0.2) is 47.1 Å². The van der Waals surface area contributed by atoms with Crippen molar-refractivity contribution in [1.82, 2.24) is 5.32 Å². The summed E-state index contributed by atoms with van der Waals surface area (Å²) in [6, 6.07) is 10.7. The summed E-state index contributed by atoms with van der Waals surface area (Å²) in [4.78, 5) is 11.7. The number of carbonyl (C=O) groups is 1. The van der Waals surface area contributed by atoms with E-state index in [0.29, 0.717) is 5.02 Å². The van der Waals surface area contributed by atoms with Gasteiger partial charge in [0.25, 0.3) is 0 Å². The molecule has 2 N–H and O–H groups in total. The van der Waals surface area contributed by atoms with E-state index in [1.807, 2.05) is 19.1 Å². The lowest BCUT2D eigenvalue weighted by Crippen LogP contribution is -2.29. The van der Waals surface area contributed by atoms with Crippen LogP contribution in [-0.2, 0) is 4.79 Å². The topological polar surface area (TPSA) is 54.3 Å². The maximum atomic E-state index is 11.7. The highest BCUT2D eigenvalue weighted by molar-refractivity contribution is 6.30. The molecule has 1 heterocycles. The molecular formula is C14H15ClN2O2. The normalized spacial score (nSPS) is 12.1. The number of carbonyl (C=O) groups excluding carboxylic acids is 1. The lowest BCUT2D eigenvalue weighted by molar-refractivity contribution is -0.115. The minimum atomic E-state index is -0.110. The Hall–Kier alpha value is -1.78. The van der Waals surface area contributed by atoms with Crippen molar-refractivity contribution in [2.24, 2.45) is 0 Å². The van der Waals surface area contributed by atoms with Crippen molar-refractivity contribution in [1.29, 1.82) is 0 Å². The second-order valence-corrected chi connectivity index (χ2v) is 4.61. The Bertz CT molecular complexity index is 523. The molecule has 5 heteroatoms. The summed E-state index contributed by atoms with van der Waals surface area (Å²) in [7, 11) is 0. The molecule has 0 aliphatic carbocycles. The first-order chi connectivity index (χ1) is 9.15. The third-order valence-corrected chi connectivity index (χ3v) is 2.92. The van der Waals surface area contributed by atoms with Crippen LogP contribution in [0.4, 0.5) is 5.69 Å². The second kappa shape index (κ2) is 6.41. The average molecular weight is 279 g/mol. The summed E-state index contributed by atoms with van der Waals surface area (Å²) < 4.78 is 5.25. The van der Waals surface area contributed by atoms with Gasteiger partial charge in [0.1, 0.15) is 5.76 Å². The van der Waals surface area contributed by atoms with Crippen molar-refractivity contribution >= 4 is 23.2 Å². The number of hydrogen-bond acceptors (Lipinski definition) is 3. The molecule has 2 aromatic rings. The molecule has 1 aromatic heterocycles. The molecule has 0 saturated heterocycles. The van der Waals surface area contributed by atoms with E-state index in [9.17, 15) is 4.79 Å². The van der Waals surface area contributed by atoms with Gasteiger partial charge < -0.3 is 9.73 Å². The number of anilines is 1. The van der Waals surface area contributed by atoms with E-state index in [2.05, 4.69) is 10.6 Å². The molecule has 100 valence electrons. The zero-order valence-electron chi connectivity index (χ0n) is 10.5. The molecule has 1 aromatic carbocycles. The third-order valence-electron chi connectivity index (χ3n) is 2.67. The Morgan fingerprint density at radius 2 is 2.05 bits per heavy atom. The van der Waals surface area contributed by atoms with Crippen LogP contribution in [-0.4, -0.2) is 12.5 Å². The van der Waals surface area contributed by atoms with Crippen LogP contribution in [0.5, 0.6) is 0 Å². The number of rotatable bonds is 5. The van der Waals surface area contributed by atoms with Gasteiger partial charge in [-0.25, -0.2) is 0 Å². The van der Waals surface area contributed by atoms with Crippen LogP contribution in [0.25, 0.3) is 0 Å². The van der Waals surface area contributed by atoms with Crippen LogP contribution in [0, 0.1) is 0 Å². The molecule has 0 aliphatic heterocycles. The molecule has 0 aliphatic rings.